The Kier molecular flexibility index (Phi) is 5.73. The Bertz CT molecular complexity index is 749. The number of amides is 2. The van der Waals surface area contributed by atoms with E-state index in [4.69, 9.17) is 0 Å². The number of carbonyl (C=O) groups excluding carboxylic acids is 2. The minimum atomic E-state index is -0.278. The summed E-state index contributed by atoms with van der Waals surface area (Å²) in [6.07, 6.45) is 2.52. The van der Waals surface area contributed by atoms with Crippen LogP contribution < -0.4 is 10.6 Å². The van der Waals surface area contributed by atoms with Crippen molar-refractivity contribution in [2.45, 2.75) is 40.7 Å². The van der Waals surface area contributed by atoms with E-state index in [2.05, 4.69) is 15.7 Å². The number of nitrogens with one attached hydrogen (secondary N) is 2. The molecule has 2 aromatic rings. The van der Waals surface area contributed by atoms with Crippen molar-refractivity contribution in [2.75, 3.05) is 11.9 Å². The maximum absolute atomic E-state index is 12.5. The summed E-state index contributed by atoms with van der Waals surface area (Å²) in [5, 5.41) is 9.84. The van der Waals surface area contributed by atoms with E-state index >= 15 is 0 Å². The summed E-state index contributed by atoms with van der Waals surface area (Å²) in [5.74, 6) is -0.530. The highest BCUT2D eigenvalue weighted by atomic mass is 16.2. The number of carbonyl (C=O) groups is 2. The van der Waals surface area contributed by atoms with E-state index < -0.39 is 0 Å². The van der Waals surface area contributed by atoms with Crippen LogP contribution in [0.4, 0.5) is 5.69 Å². The molecule has 0 saturated carbocycles. The third kappa shape index (κ3) is 4.01. The van der Waals surface area contributed by atoms with E-state index in [9.17, 15) is 9.59 Å². The molecule has 128 valence electrons. The van der Waals surface area contributed by atoms with Crippen LogP contribution in [0.25, 0.3) is 0 Å². The van der Waals surface area contributed by atoms with E-state index in [0.717, 1.165) is 17.5 Å². The minimum absolute atomic E-state index is 0.238. The normalized spacial score (nSPS) is 10.5. The summed E-state index contributed by atoms with van der Waals surface area (Å²) in [4.78, 5) is 24.7. The predicted molar refractivity (Wildman–Crippen MR) is 94.4 cm³/mol. The molecular formula is C18H24N4O2. The minimum Gasteiger partial charge on any atom is -0.351 e. The zero-order valence-electron chi connectivity index (χ0n) is 14.6. The maximum atomic E-state index is 12.5. The van der Waals surface area contributed by atoms with Crippen LogP contribution in [-0.4, -0.2) is 28.1 Å². The van der Waals surface area contributed by atoms with Crippen LogP contribution in [0.2, 0.25) is 0 Å². The van der Waals surface area contributed by atoms with Gasteiger partial charge < -0.3 is 10.6 Å². The Morgan fingerprint density at radius 2 is 1.88 bits per heavy atom. The number of rotatable bonds is 6. The zero-order chi connectivity index (χ0) is 17.7. The van der Waals surface area contributed by atoms with E-state index in [1.54, 1.807) is 16.9 Å². The lowest BCUT2D eigenvalue weighted by Gasteiger charge is -2.07. The molecule has 0 unspecified atom stereocenters. The Balaban J connectivity index is 2.24. The number of aryl methyl sites for hydroxylation is 3. The molecule has 1 aromatic carbocycles. The first-order valence-electron chi connectivity index (χ1n) is 8.20. The maximum Gasteiger partial charge on any atom is 0.273 e. The lowest BCUT2D eigenvalue weighted by atomic mass is 10.1. The molecule has 2 N–H and O–H groups in total. The Morgan fingerprint density at radius 3 is 2.50 bits per heavy atom. The van der Waals surface area contributed by atoms with Crippen molar-refractivity contribution in [3.63, 3.8) is 0 Å². The molecule has 6 heteroatoms. The Labute approximate surface area is 142 Å². The molecule has 24 heavy (non-hydrogen) atoms. The second kappa shape index (κ2) is 7.77. The van der Waals surface area contributed by atoms with Crippen LogP contribution in [0.3, 0.4) is 0 Å². The average Bonchev–Trinajstić information content (AvgIpc) is 2.98. The molecule has 0 bridgehead atoms. The van der Waals surface area contributed by atoms with Gasteiger partial charge in [-0.15, -0.1) is 0 Å². The number of aromatic nitrogens is 2. The van der Waals surface area contributed by atoms with Gasteiger partial charge in [0.25, 0.3) is 11.8 Å². The summed E-state index contributed by atoms with van der Waals surface area (Å²) in [5.41, 5.74) is 3.40. The van der Waals surface area contributed by atoms with Gasteiger partial charge in [0.1, 0.15) is 0 Å². The number of benzene rings is 1. The van der Waals surface area contributed by atoms with Crippen LogP contribution in [0.5, 0.6) is 0 Å². The fourth-order valence-electron chi connectivity index (χ4n) is 2.24. The van der Waals surface area contributed by atoms with Crippen molar-refractivity contribution < 1.29 is 9.59 Å². The van der Waals surface area contributed by atoms with Crippen LogP contribution in [0.15, 0.2) is 24.4 Å². The molecule has 0 aliphatic heterocycles. The van der Waals surface area contributed by atoms with Gasteiger partial charge in [-0.2, -0.15) is 5.10 Å². The molecular weight excluding hydrogens is 304 g/mol. The molecule has 0 saturated heterocycles. The number of anilines is 1. The standard InChI is InChI=1S/C18H24N4O2/c1-5-9-19-18(24)16-15(11-22(6-2)21-16)20-17(23)14-8-7-12(3)13(4)10-14/h7-8,10-11H,5-6,9H2,1-4H3,(H,19,24)(H,20,23). The van der Waals surface area contributed by atoms with Crippen LogP contribution >= 0.6 is 0 Å². The molecule has 6 nitrogen and oxygen atoms in total. The smallest absolute Gasteiger partial charge is 0.273 e. The van der Waals surface area contributed by atoms with Crippen molar-refractivity contribution in [3.05, 3.63) is 46.8 Å². The molecule has 0 fully saturated rings. The molecule has 1 heterocycles. The summed E-state index contributed by atoms with van der Waals surface area (Å²) < 4.78 is 1.64. The van der Waals surface area contributed by atoms with Crippen LogP contribution in [0.1, 0.15) is 52.2 Å². The van der Waals surface area contributed by atoms with E-state index in [1.165, 1.54) is 0 Å². The highest BCUT2D eigenvalue weighted by Crippen LogP contribution is 2.17. The zero-order valence-corrected chi connectivity index (χ0v) is 14.6. The van der Waals surface area contributed by atoms with E-state index in [-0.39, 0.29) is 17.5 Å². The van der Waals surface area contributed by atoms with Crippen molar-refractivity contribution in [3.8, 4) is 0 Å². The first-order valence-corrected chi connectivity index (χ1v) is 8.20. The van der Waals surface area contributed by atoms with E-state index in [1.807, 2.05) is 39.8 Å². The van der Waals surface area contributed by atoms with Crippen molar-refractivity contribution in [1.29, 1.82) is 0 Å². The van der Waals surface area contributed by atoms with Gasteiger partial charge >= 0.3 is 0 Å². The van der Waals surface area contributed by atoms with E-state index in [0.29, 0.717) is 24.3 Å². The largest absolute Gasteiger partial charge is 0.351 e. The lowest BCUT2D eigenvalue weighted by molar-refractivity contribution is 0.0948. The Hall–Kier alpha value is -2.63. The molecule has 2 rings (SSSR count). The third-order valence-corrected chi connectivity index (χ3v) is 3.85. The molecule has 2 amide bonds. The number of hydrogen-bond donors (Lipinski definition) is 2. The molecule has 0 radical (unpaired) electrons. The first kappa shape index (κ1) is 17.7. The van der Waals surface area contributed by atoms with Gasteiger partial charge in [-0.25, -0.2) is 0 Å². The average molecular weight is 328 g/mol. The van der Waals surface area contributed by atoms with Crippen LogP contribution in [-0.2, 0) is 6.54 Å². The van der Waals surface area contributed by atoms with Gasteiger partial charge in [0.05, 0.1) is 5.69 Å². The van der Waals surface area contributed by atoms with Gasteiger partial charge in [0.2, 0.25) is 0 Å². The molecule has 0 atom stereocenters. The fourth-order valence-corrected chi connectivity index (χ4v) is 2.24. The molecule has 0 aliphatic carbocycles. The van der Waals surface area contributed by atoms with Crippen LogP contribution in [0, 0.1) is 13.8 Å². The summed E-state index contributed by atoms with van der Waals surface area (Å²) in [6, 6.07) is 5.53. The molecule has 1 aromatic heterocycles. The summed E-state index contributed by atoms with van der Waals surface area (Å²) in [6.45, 7) is 9.06. The fraction of sp³-hybridized carbons (Fsp3) is 0.389. The van der Waals surface area contributed by atoms with Crippen molar-refractivity contribution >= 4 is 17.5 Å². The van der Waals surface area contributed by atoms with Gasteiger partial charge in [-0.3, -0.25) is 14.3 Å². The van der Waals surface area contributed by atoms with Gasteiger partial charge in [-0.1, -0.05) is 13.0 Å². The Morgan fingerprint density at radius 1 is 1.12 bits per heavy atom. The topological polar surface area (TPSA) is 76.0 Å². The summed E-state index contributed by atoms with van der Waals surface area (Å²) in [7, 11) is 0. The molecule has 0 aliphatic rings. The van der Waals surface area contributed by atoms with Gasteiger partial charge in [0.15, 0.2) is 5.69 Å². The lowest BCUT2D eigenvalue weighted by Crippen LogP contribution is -2.26. The highest BCUT2D eigenvalue weighted by Gasteiger charge is 2.18. The monoisotopic (exact) mass is 328 g/mol. The van der Waals surface area contributed by atoms with Crippen molar-refractivity contribution in [1.82, 2.24) is 15.1 Å². The summed E-state index contributed by atoms with van der Waals surface area (Å²) >= 11 is 0. The second-order valence-electron chi connectivity index (χ2n) is 5.76. The second-order valence-corrected chi connectivity index (χ2v) is 5.76. The SMILES string of the molecule is CCCNC(=O)c1nn(CC)cc1NC(=O)c1ccc(C)c(C)c1. The van der Waals surface area contributed by atoms with Gasteiger partial charge in [-0.05, 0) is 50.5 Å². The number of hydrogen-bond acceptors (Lipinski definition) is 3. The van der Waals surface area contributed by atoms with Gasteiger partial charge in [0, 0.05) is 24.8 Å². The predicted octanol–water partition coefficient (Wildman–Crippen LogP) is 2.91. The highest BCUT2D eigenvalue weighted by molar-refractivity contribution is 6.08. The first-order chi connectivity index (χ1) is 11.5. The third-order valence-electron chi connectivity index (χ3n) is 3.85. The number of nitrogens with zero attached hydrogens (tertiary/aromatic N) is 2. The quantitative estimate of drug-likeness (QED) is 0.856. The van der Waals surface area contributed by atoms with Crippen molar-refractivity contribution in [2.24, 2.45) is 0 Å². The molecule has 0 spiro atoms.